The maximum absolute atomic E-state index is 12.0. The molecule has 0 bridgehead atoms. The third-order valence-electron chi connectivity index (χ3n) is 3.14. The van der Waals surface area contributed by atoms with E-state index in [1.54, 1.807) is 12.1 Å². The zero-order chi connectivity index (χ0) is 13.9. The highest BCUT2D eigenvalue weighted by Gasteiger charge is 2.22. The molecular weight excluding hydrogens is 256 g/mol. The molecule has 0 unspecified atom stereocenters. The van der Waals surface area contributed by atoms with Crippen molar-refractivity contribution in [3.8, 4) is 0 Å². The summed E-state index contributed by atoms with van der Waals surface area (Å²) in [6.45, 7) is 0.481. The average molecular weight is 268 g/mol. The SMILES string of the molecule is O=C(OCc1ccccc1)c1ccc2c(c1)C(=O)OC2. The number of benzene rings is 2. The van der Waals surface area contributed by atoms with Crippen LogP contribution in [0, 0.1) is 0 Å². The lowest BCUT2D eigenvalue weighted by Gasteiger charge is -2.05. The van der Waals surface area contributed by atoms with E-state index in [2.05, 4.69) is 0 Å². The van der Waals surface area contributed by atoms with Crippen LogP contribution in [0.25, 0.3) is 0 Å². The van der Waals surface area contributed by atoms with Gasteiger partial charge in [0, 0.05) is 5.56 Å². The Morgan fingerprint density at radius 3 is 2.75 bits per heavy atom. The number of esters is 2. The van der Waals surface area contributed by atoms with Crippen LogP contribution >= 0.6 is 0 Å². The molecule has 2 aromatic rings. The van der Waals surface area contributed by atoms with Gasteiger partial charge in [0.1, 0.15) is 13.2 Å². The zero-order valence-electron chi connectivity index (χ0n) is 10.7. The second kappa shape index (κ2) is 5.17. The Labute approximate surface area is 115 Å². The molecule has 4 heteroatoms. The molecule has 1 heterocycles. The number of fused-ring (bicyclic) bond motifs is 1. The molecule has 0 spiro atoms. The van der Waals surface area contributed by atoms with Crippen LogP contribution in [0.4, 0.5) is 0 Å². The minimum absolute atomic E-state index is 0.210. The molecule has 3 rings (SSSR count). The summed E-state index contributed by atoms with van der Waals surface area (Å²) < 4.78 is 10.1. The second-order valence-corrected chi connectivity index (χ2v) is 4.51. The average Bonchev–Trinajstić information content (AvgIpc) is 2.87. The van der Waals surface area contributed by atoms with E-state index >= 15 is 0 Å². The summed E-state index contributed by atoms with van der Waals surface area (Å²) >= 11 is 0. The fourth-order valence-corrected chi connectivity index (χ4v) is 2.05. The molecule has 100 valence electrons. The van der Waals surface area contributed by atoms with E-state index in [4.69, 9.17) is 9.47 Å². The van der Waals surface area contributed by atoms with E-state index in [0.717, 1.165) is 11.1 Å². The van der Waals surface area contributed by atoms with Crippen molar-refractivity contribution >= 4 is 11.9 Å². The lowest BCUT2D eigenvalue weighted by atomic mass is 10.1. The van der Waals surface area contributed by atoms with Crippen molar-refractivity contribution in [1.29, 1.82) is 0 Å². The lowest BCUT2D eigenvalue weighted by molar-refractivity contribution is 0.0472. The number of cyclic esters (lactones) is 1. The van der Waals surface area contributed by atoms with Gasteiger partial charge in [0.25, 0.3) is 0 Å². The Balaban J connectivity index is 1.72. The maximum Gasteiger partial charge on any atom is 0.338 e. The van der Waals surface area contributed by atoms with Crippen LogP contribution in [-0.2, 0) is 22.7 Å². The van der Waals surface area contributed by atoms with Crippen LogP contribution < -0.4 is 0 Å². The van der Waals surface area contributed by atoms with Crippen molar-refractivity contribution < 1.29 is 19.1 Å². The maximum atomic E-state index is 12.0. The first kappa shape index (κ1) is 12.4. The van der Waals surface area contributed by atoms with Crippen LogP contribution in [0.3, 0.4) is 0 Å². The highest BCUT2D eigenvalue weighted by molar-refractivity contribution is 5.97. The molecule has 0 N–H and O–H groups in total. The number of hydrogen-bond donors (Lipinski definition) is 0. The molecule has 0 aromatic heterocycles. The fourth-order valence-electron chi connectivity index (χ4n) is 2.05. The normalized spacial score (nSPS) is 12.7. The van der Waals surface area contributed by atoms with E-state index in [-0.39, 0.29) is 13.2 Å². The van der Waals surface area contributed by atoms with Crippen LogP contribution in [0.15, 0.2) is 48.5 Å². The fraction of sp³-hybridized carbons (Fsp3) is 0.125. The summed E-state index contributed by atoms with van der Waals surface area (Å²) in [5, 5.41) is 0. The van der Waals surface area contributed by atoms with Crippen LogP contribution in [0.5, 0.6) is 0 Å². The molecule has 2 aromatic carbocycles. The molecule has 0 aliphatic carbocycles. The Kier molecular flexibility index (Phi) is 3.21. The molecule has 0 amide bonds. The molecule has 0 radical (unpaired) electrons. The number of ether oxygens (including phenoxy) is 2. The molecule has 0 saturated carbocycles. The van der Waals surface area contributed by atoms with Gasteiger partial charge in [0.05, 0.1) is 11.1 Å². The molecule has 1 aliphatic heterocycles. The first-order chi connectivity index (χ1) is 9.74. The van der Waals surface area contributed by atoms with Crippen molar-refractivity contribution in [2.45, 2.75) is 13.2 Å². The third kappa shape index (κ3) is 2.40. The summed E-state index contributed by atoms with van der Waals surface area (Å²) in [7, 11) is 0. The van der Waals surface area contributed by atoms with Crippen molar-refractivity contribution in [2.75, 3.05) is 0 Å². The van der Waals surface area contributed by atoms with E-state index in [1.807, 2.05) is 30.3 Å². The zero-order valence-corrected chi connectivity index (χ0v) is 10.7. The van der Waals surface area contributed by atoms with Crippen molar-refractivity contribution in [1.82, 2.24) is 0 Å². The lowest BCUT2D eigenvalue weighted by Crippen LogP contribution is -2.06. The Morgan fingerprint density at radius 2 is 1.95 bits per heavy atom. The van der Waals surface area contributed by atoms with Gasteiger partial charge in [-0.15, -0.1) is 0 Å². The topological polar surface area (TPSA) is 52.6 Å². The first-order valence-corrected chi connectivity index (χ1v) is 6.25. The highest BCUT2D eigenvalue weighted by Crippen LogP contribution is 2.21. The number of carbonyl (C=O) groups excluding carboxylic acids is 2. The number of carbonyl (C=O) groups is 2. The van der Waals surface area contributed by atoms with E-state index < -0.39 is 11.9 Å². The van der Waals surface area contributed by atoms with E-state index in [1.165, 1.54) is 6.07 Å². The van der Waals surface area contributed by atoms with Gasteiger partial charge in [-0.2, -0.15) is 0 Å². The predicted octanol–water partition coefficient (Wildman–Crippen LogP) is 2.71. The standard InChI is InChI=1S/C16H12O4/c17-15(19-9-11-4-2-1-3-5-11)12-6-7-13-10-20-16(18)14(13)8-12/h1-8H,9-10H2. The van der Waals surface area contributed by atoms with Crippen molar-refractivity contribution in [2.24, 2.45) is 0 Å². The van der Waals surface area contributed by atoms with Gasteiger partial charge >= 0.3 is 11.9 Å². The van der Waals surface area contributed by atoms with Crippen molar-refractivity contribution in [3.63, 3.8) is 0 Å². The Bertz CT molecular complexity index is 661. The van der Waals surface area contributed by atoms with Crippen LogP contribution in [-0.4, -0.2) is 11.9 Å². The van der Waals surface area contributed by atoms with E-state index in [0.29, 0.717) is 11.1 Å². The predicted molar refractivity (Wildman–Crippen MR) is 71.1 cm³/mol. The summed E-state index contributed by atoms with van der Waals surface area (Å²) in [4.78, 5) is 23.4. The minimum atomic E-state index is -0.448. The third-order valence-corrected chi connectivity index (χ3v) is 3.14. The summed E-state index contributed by atoms with van der Waals surface area (Å²) in [5.41, 5.74) is 2.52. The molecule has 1 aliphatic rings. The van der Waals surface area contributed by atoms with Gasteiger partial charge in [-0.05, 0) is 17.7 Å². The molecule has 20 heavy (non-hydrogen) atoms. The van der Waals surface area contributed by atoms with Crippen LogP contribution in [0.1, 0.15) is 31.8 Å². The summed E-state index contributed by atoms with van der Waals surface area (Å²) in [6, 6.07) is 14.3. The highest BCUT2D eigenvalue weighted by atomic mass is 16.5. The summed E-state index contributed by atoms with van der Waals surface area (Å²) in [5.74, 6) is -0.839. The molecule has 0 atom stereocenters. The number of hydrogen-bond acceptors (Lipinski definition) is 4. The monoisotopic (exact) mass is 268 g/mol. The quantitative estimate of drug-likeness (QED) is 0.803. The minimum Gasteiger partial charge on any atom is -0.457 e. The van der Waals surface area contributed by atoms with Gasteiger partial charge in [0.15, 0.2) is 0 Å². The van der Waals surface area contributed by atoms with E-state index in [9.17, 15) is 9.59 Å². The van der Waals surface area contributed by atoms with Crippen molar-refractivity contribution in [3.05, 3.63) is 70.8 Å². The van der Waals surface area contributed by atoms with Gasteiger partial charge in [-0.3, -0.25) is 0 Å². The summed E-state index contributed by atoms with van der Waals surface area (Å²) in [6.07, 6.45) is 0. The van der Waals surface area contributed by atoms with Gasteiger partial charge in [-0.1, -0.05) is 36.4 Å². The second-order valence-electron chi connectivity index (χ2n) is 4.51. The first-order valence-electron chi connectivity index (χ1n) is 6.25. The largest absolute Gasteiger partial charge is 0.457 e. The van der Waals surface area contributed by atoms with Gasteiger partial charge in [-0.25, -0.2) is 9.59 Å². The smallest absolute Gasteiger partial charge is 0.338 e. The van der Waals surface area contributed by atoms with Gasteiger partial charge < -0.3 is 9.47 Å². The Hall–Kier alpha value is -2.62. The number of rotatable bonds is 3. The van der Waals surface area contributed by atoms with Crippen LogP contribution in [0.2, 0.25) is 0 Å². The molecule has 0 saturated heterocycles. The molecule has 4 nitrogen and oxygen atoms in total. The molecular formula is C16H12O4. The van der Waals surface area contributed by atoms with Gasteiger partial charge in [0.2, 0.25) is 0 Å². The molecule has 0 fully saturated rings. The Morgan fingerprint density at radius 1 is 1.15 bits per heavy atom.